The van der Waals surface area contributed by atoms with Gasteiger partial charge in [-0.15, -0.1) is 0 Å². The molecule has 0 spiro atoms. The van der Waals surface area contributed by atoms with Crippen molar-refractivity contribution < 1.29 is 14.7 Å². The molecule has 5 heteroatoms. The van der Waals surface area contributed by atoms with E-state index in [9.17, 15) is 9.59 Å². The molecule has 22 heavy (non-hydrogen) atoms. The summed E-state index contributed by atoms with van der Waals surface area (Å²) in [5.41, 5.74) is 3.06. The Labute approximate surface area is 127 Å². The molecule has 0 saturated heterocycles. The number of carboxylic acids is 1. The number of aryl methyl sites for hydroxylation is 2. The molecule has 2 rings (SSSR count). The van der Waals surface area contributed by atoms with Gasteiger partial charge < -0.3 is 5.11 Å². The molecule has 0 bridgehead atoms. The average molecular weight is 294 g/mol. The molecular formula is C17H14N2O3. The Morgan fingerprint density at radius 2 is 1.91 bits per heavy atom. The second-order valence-electron chi connectivity index (χ2n) is 4.83. The number of Topliss-reactive ketones (excluding diaryl/α,β-unsaturated/α-hetero) is 1. The molecule has 0 amide bonds. The molecule has 2 aromatic rings. The molecule has 0 aliphatic rings. The zero-order chi connectivity index (χ0) is 15.9. The largest absolute Gasteiger partial charge is 0.475 e. The van der Waals surface area contributed by atoms with Gasteiger partial charge in [-0.3, -0.25) is 9.78 Å². The first-order chi connectivity index (χ1) is 10.6. The number of carbonyl (C=O) groups excluding carboxylic acids is 1. The number of benzene rings is 1. The summed E-state index contributed by atoms with van der Waals surface area (Å²) in [6, 6.07) is 13.1. The van der Waals surface area contributed by atoms with E-state index < -0.39 is 11.8 Å². The fourth-order valence-corrected chi connectivity index (χ4v) is 2.07. The number of aliphatic carboxylic acids is 1. The summed E-state index contributed by atoms with van der Waals surface area (Å²) in [6.45, 7) is 0. The lowest BCUT2D eigenvalue weighted by Gasteiger charge is -2.05. The van der Waals surface area contributed by atoms with Crippen molar-refractivity contribution >= 4 is 11.8 Å². The highest BCUT2D eigenvalue weighted by molar-refractivity contribution is 6.33. The van der Waals surface area contributed by atoms with Gasteiger partial charge in [-0.25, -0.2) is 4.79 Å². The van der Waals surface area contributed by atoms with Crippen LogP contribution in [0.3, 0.4) is 0 Å². The summed E-state index contributed by atoms with van der Waals surface area (Å²) in [5, 5.41) is 17.6. The van der Waals surface area contributed by atoms with E-state index in [1.807, 2.05) is 24.3 Å². The fraction of sp³-hybridized carbons (Fsp3) is 0.176. The summed E-state index contributed by atoms with van der Waals surface area (Å²) < 4.78 is 0. The van der Waals surface area contributed by atoms with Crippen molar-refractivity contribution in [2.45, 2.75) is 19.3 Å². The molecule has 1 aromatic heterocycles. The number of rotatable bonds is 6. The number of ketones is 1. The van der Waals surface area contributed by atoms with Crippen molar-refractivity contribution in [3.05, 3.63) is 65.0 Å². The maximum Gasteiger partial charge on any atom is 0.372 e. The van der Waals surface area contributed by atoms with Crippen LogP contribution in [-0.2, 0) is 28.9 Å². The van der Waals surface area contributed by atoms with Crippen molar-refractivity contribution in [2.75, 3.05) is 0 Å². The summed E-state index contributed by atoms with van der Waals surface area (Å²) in [4.78, 5) is 25.7. The zero-order valence-corrected chi connectivity index (χ0v) is 11.8. The minimum Gasteiger partial charge on any atom is -0.475 e. The predicted octanol–water partition coefficient (Wildman–Crippen LogP) is 1.93. The number of hydrogen-bond donors (Lipinski definition) is 1. The topological polar surface area (TPSA) is 91.0 Å². The Morgan fingerprint density at radius 3 is 2.55 bits per heavy atom. The lowest BCUT2D eigenvalue weighted by molar-refractivity contribution is -0.148. The van der Waals surface area contributed by atoms with Gasteiger partial charge in [-0.2, -0.15) is 5.26 Å². The maximum absolute atomic E-state index is 11.1. The SMILES string of the molecule is N#Cc1ccccc1CCc1ccc(CC(=O)C(=O)O)nc1. The highest BCUT2D eigenvalue weighted by Gasteiger charge is 2.12. The van der Waals surface area contributed by atoms with Crippen molar-refractivity contribution in [1.29, 1.82) is 5.26 Å². The smallest absolute Gasteiger partial charge is 0.372 e. The number of nitriles is 1. The zero-order valence-electron chi connectivity index (χ0n) is 11.8. The Hall–Kier alpha value is -3.00. The molecule has 0 saturated carbocycles. The van der Waals surface area contributed by atoms with Gasteiger partial charge in [-0.1, -0.05) is 24.3 Å². The van der Waals surface area contributed by atoms with Crippen LogP contribution in [0, 0.1) is 11.3 Å². The van der Waals surface area contributed by atoms with Crippen LogP contribution in [-0.4, -0.2) is 21.8 Å². The summed E-state index contributed by atoms with van der Waals surface area (Å²) in [7, 11) is 0. The number of hydrogen-bond acceptors (Lipinski definition) is 4. The number of nitrogens with zero attached hydrogens (tertiary/aromatic N) is 2. The van der Waals surface area contributed by atoms with Crippen LogP contribution in [0.1, 0.15) is 22.4 Å². The third-order valence-electron chi connectivity index (χ3n) is 3.29. The van der Waals surface area contributed by atoms with Gasteiger partial charge in [-0.05, 0) is 36.1 Å². The van der Waals surface area contributed by atoms with Gasteiger partial charge in [0, 0.05) is 11.9 Å². The Bertz CT molecular complexity index is 730. The molecule has 0 unspecified atom stereocenters. The summed E-state index contributed by atoms with van der Waals surface area (Å²) in [5.74, 6) is -2.32. The molecule has 0 atom stereocenters. The average Bonchev–Trinajstić information content (AvgIpc) is 2.54. The standard InChI is InChI=1S/C17H14N2O3/c18-10-14-4-2-1-3-13(14)7-5-12-6-8-15(19-11-12)9-16(20)17(21)22/h1-4,6,8,11H,5,7,9H2,(H,21,22). The van der Waals surface area contributed by atoms with Crippen LogP contribution in [0.2, 0.25) is 0 Å². The van der Waals surface area contributed by atoms with Gasteiger partial charge in [0.15, 0.2) is 0 Å². The Balaban J connectivity index is 1.99. The second-order valence-corrected chi connectivity index (χ2v) is 4.83. The van der Waals surface area contributed by atoms with Gasteiger partial charge in [0.2, 0.25) is 5.78 Å². The highest BCUT2D eigenvalue weighted by Crippen LogP contribution is 2.12. The number of carboxylic acid groups (broad SMARTS) is 1. The molecule has 1 N–H and O–H groups in total. The van der Waals surface area contributed by atoms with Crippen molar-refractivity contribution in [1.82, 2.24) is 4.98 Å². The molecule has 0 aliphatic heterocycles. The van der Waals surface area contributed by atoms with Crippen LogP contribution in [0.4, 0.5) is 0 Å². The molecule has 110 valence electrons. The minimum absolute atomic E-state index is 0.202. The quantitative estimate of drug-likeness (QED) is 0.822. The summed E-state index contributed by atoms with van der Waals surface area (Å²) in [6.07, 6.45) is 2.88. The van der Waals surface area contributed by atoms with Gasteiger partial charge in [0.25, 0.3) is 0 Å². The number of carbonyl (C=O) groups is 2. The Morgan fingerprint density at radius 1 is 1.14 bits per heavy atom. The summed E-state index contributed by atoms with van der Waals surface area (Å²) >= 11 is 0. The first kappa shape index (κ1) is 15.4. The minimum atomic E-state index is -1.45. The van der Waals surface area contributed by atoms with E-state index in [1.54, 1.807) is 18.3 Å². The van der Waals surface area contributed by atoms with Gasteiger partial charge in [0.1, 0.15) is 0 Å². The van der Waals surface area contributed by atoms with E-state index in [2.05, 4.69) is 11.1 Å². The van der Waals surface area contributed by atoms with Crippen LogP contribution in [0.5, 0.6) is 0 Å². The Kier molecular flexibility index (Phi) is 4.99. The molecule has 0 fully saturated rings. The third kappa shape index (κ3) is 4.00. The van der Waals surface area contributed by atoms with E-state index >= 15 is 0 Å². The first-order valence-corrected chi connectivity index (χ1v) is 6.78. The normalized spacial score (nSPS) is 9.95. The van der Waals surface area contributed by atoms with Crippen LogP contribution < -0.4 is 0 Å². The van der Waals surface area contributed by atoms with Gasteiger partial charge in [0.05, 0.1) is 18.1 Å². The van der Waals surface area contributed by atoms with E-state index in [-0.39, 0.29) is 6.42 Å². The van der Waals surface area contributed by atoms with E-state index in [0.29, 0.717) is 11.3 Å². The van der Waals surface area contributed by atoms with Crippen LogP contribution in [0.15, 0.2) is 42.6 Å². The van der Waals surface area contributed by atoms with Crippen molar-refractivity contribution in [2.24, 2.45) is 0 Å². The van der Waals surface area contributed by atoms with Crippen LogP contribution >= 0.6 is 0 Å². The van der Waals surface area contributed by atoms with Gasteiger partial charge >= 0.3 is 5.97 Å². The number of pyridine rings is 1. The molecular weight excluding hydrogens is 280 g/mol. The second kappa shape index (κ2) is 7.14. The third-order valence-corrected chi connectivity index (χ3v) is 3.29. The van der Waals surface area contributed by atoms with Crippen molar-refractivity contribution in [3.63, 3.8) is 0 Å². The molecule has 0 aliphatic carbocycles. The maximum atomic E-state index is 11.1. The molecule has 5 nitrogen and oxygen atoms in total. The number of aromatic nitrogens is 1. The molecule has 0 radical (unpaired) electrons. The molecule has 1 heterocycles. The van der Waals surface area contributed by atoms with E-state index in [0.717, 1.165) is 24.0 Å². The lowest BCUT2D eigenvalue weighted by Crippen LogP contribution is -2.15. The fourth-order valence-electron chi connectivity index (χ4n) is 2.07. The first-order valence-electron chi connectivity index (χ1n) is 6.78. The van der Waals surface area contributed by atoms with Crippen LogP contribution in [0.25, 0.3) is 0 Å². The van der Waals surface area contributed by atoms with E-state index in [4.69, 9.17) is 10.4 Å². The monoisotopic (exact) mass is 294 g/mol. The highest BCUT2D eigenvalue weighted by atomic mass is 16.4. The predicted molar refractivity (Wildman–Crippen MR) is 79.1 cm³/mol. The lowest BCUT2D eigenvalue weighted by atomic mass is 10.0. The van der Waals surface area contributed by atoms with Crippen molar-refractivity contribution in [3.8, 4) is 6.07 Å². The molecule has 1 aromatic carbocycles. The van der Waals surface area contributed by atoms with E-state index in [1.165, 1.54) is 0 Å².